The number of anilines is 1. The molecule has 1 N–H and O–H groups in total. The molecular formula is C20H18F3N7O. The summed E-state index contributed by atoms with van der Waals surface area (Å²) in [6, 6.07) is 3.93. The van der Waals surface area contributed by atoms with Gasteiger partial charge in [0.2, 0.25) is 0 Å². The molecule has 0 unspecified atom stereocenters. The first-order valence-electron chi connectivity index (χ1n) is 10.2. The van der Waals surface area contributed by atoms with Gasteiger partial charge in [0.05, 0.1) is 17.7 Å². The molecule has 1 saturated carbocycles. The van der Waals surface area contributed by atoms with Gasteiger partial charge in [0.15, 0.2) is 0 Å². The maximum Gasteiger partial charge on any atom is 0.326 e. The molecule has 11 heteroatoms. The fourth-order valence-electron chi connectivity index (χ4n) is 4.33. The number of H-pyrrole nitrogens is 1. The minimum absolute atomic E-state index is 0.0230. The SMILES string of the molecule is Fc1cccn2nc([C@H]3c4nc[nH]c4CCN3c3nnc(C(F)(F)C4CCC4)o3)cc12. The molecule has 1 atom stereocenters. The van der Waals surface area contributed by atoms with E-state index in [1.807, 2.05) is 0 Å². The van der Waals surface area contributed by atoms with Crippen LogP contribution in [0.2, 0.25) is 0 Å². The van der Waals surface area contributed by atoms with Crippen molar-refractivity contribution in [1.29, 1.82) is 0 Å². The molecule has 2 aliphatic rings. The molecule has 4 aromatic rings. The van der Waals surface area contributed by atoms with Crippen LogP contribution in [0.5, 0.6) is 0 Å². The predicted octanol–water partition coefficient (Wildman–Crippen LogP) is 3.62. The molecule has 1 fully saturated rings. The first-order valence-corrected chi connectivity index (χ1v) is 10.2. The number of hydrogen-bond acceptors (Lipinski definition) is 6. The highest BCUT2D eigenvalue weighted by molar-refractivity contribution is 5.53. The van der Waals surface area contributed by atoms with Crippen molar-refractivity contribution in [2.24, 2.45) is 5.92 Å². The van der Waals surface area contributed by atoms with E-state index >= 15 is 0 Å². The van der Waals surface area contributed by atoms with Crippen molar-refractivity contribution in [2.75, 3.05) is 11.4 Å². The summed E-state index contributed by atoms with van der Waals surface area (Å²) in [6.45, 7) is 0.423. The molecule has 0 bridgehead atoms. The molecule has 5 heterocycles. The highest BCUT2D eigenvalue weighted by Gasteiger charge is 2.49. The maximum atomic E-state index is 14.7. The second kappa shape index (κ2) is 6.56. The van der Waals surface area contributed by atoms with Crippen molar-refractivity contribution in [2.45, 2.75) is 37.6 Å². The quantitative estimate of drug-likeness (QED) is 0.533. The smallest absolute Gasteiger partial charge is 0.326 e. The Labute approximate surface area is 174 Å². The number of halogens is 3. The van der Waals surface area contributed by atoms with E-state index in [1.54, 1.807) is 29.6 Å². The largest absolute Gasteiger partial charge is 0.401 e. The number of pyridine rings is 1. The van der Waals surface area contributed by atoms with Crippen LogP contribution < -0.4 is 4.90 Å². The topological polar surface area (TPSA) is 88.1 Å². The van der Waals surface area contributed by atoms with E-state index < -0.39 is 29.6 Å². The van der Waals surface area contributed by atoms with Gasteiger partial charge in [-0.05, 0) is 31.0 Å². The third kappa shape index (κ3) is 2.75. The standard InChI is InChI=1S/C20H18F3N7O/c21-12-5-2-7-30-15(12)9-14(28-30)17-16-13(24-10-25-16)6-8-29(17)19-27-26-18(31-19)20(22,23)11-3-1-4-11/h2,5,7,9-11,17H,1,3-4,6,8H2,(H,24,25)/t17-/m0/s1. The fraction of sp³-hybridized carbons (Fsp3) is 0.400. The molecule has 4 aromatic heterocycles. The number of nitrogens with one attached hydrogen (secondary N) is 1. The van der Waals surface area contributed by atoms with E-state index in [9.17, 15) is 13.2 Å². The lowest BCUT2D eigenvalue weighted by molar-refractivity contribution is -0.114. The Morgan fingerprint density at radius 2 is 2.10 bits per heavy atom. The van der Waals surface area contributed by atoms with E-state index in [4.69, 9.17) is 4.42 Å². The number of imidazole rings is 1. The Morgan fingerprint density at radius 3 is 2.87 bits per heavy atom. The van der Waals surface area contributed by atoms with Crippen LogP contribution in [0.25, 0.3) is 5.52 Å². The van der Waals surface area contributed by atoms with Crippen molar-refractivity contribution in [3.63, 3.8) is 0 Å². The molecule has 31 heavy (non-hydrogen) atoms. The molecule has 0 saturated heterocycles. The number of hydrogen-bond donors (Lipinski definition) is 1. The number of aromatic nitrogens is 6. The zero-order valence-corrected chi connectivity index (χ0v) is 16.3. The van der Waals surface area contributed by atoms with Crippen molar-refractivity contribution in [3.05, 3.63) is 59.5 Å². The Kier molecular flexibility index (Phi) is 3.90. The van der Waals surface area contributed by atoms with Crippen LogP contribution in [0.4, 0.5) is 19.2 Å². The van der Waals surface area contributed by atoms with Gasteiger partial charge in [-0.2, -0.15) is 13.9 Å². The highest BCUT2D eigenvalue weighted by Crippen LogP contribution is 2.47. The molecule has 0 spiro atoms. The van der Waals surface area contributed by atoms with Crippen LogP contribution in [0.1, 0.15) is 48.3 Å². The monoisotopic (exact) mass is 429 g/mol. The number of nitrogens with zero attached hydrogens (tertiary/aromatic N) is 6. The molecular weight excluding hydrogens is 411 g/mol. The summed E-state index contributed by atoms with van der Waals surface area (Å²) in [5, 5.41) is 12.1. The first kappa shape index (κ1) is 18.4. The molecule has 1 aliphatic carbocycles. The van der Waals surface area contributed by atoms with Crippen molar-refractivity contribution in [3.8, 4) is 0 Å². The van der Waals surface area contributed by atoms with E-state index in [0.29, 0.717) is 42.7 Å². The van der Waals surface area contributed by atoms with Gasteiger partial charge in [0, 0.05) is 30.8 Å². The van der Waals surface area contributed by atoms with E-state index in [2.05, 4.69) is 25.3 Å². The van der Waals surface area contributed by atoms with Crippen molar-refractivity contribution >= 4 is 11.5 Å². The van der Waals surface area contributed by atoms with E-state index in [-0.39, 0.29) is 6.01 Å². The Bertz CT molecular complexity index is 1260. The lowest BCUT2D eigenvalue weighted by Crippen LogP contribution is -2.37. The van der Waals surface area contributed by atoms with Crippen LogP contribution in [-0.2, 0) is 12.3 Å². The van der Waals surface area contributed by atoms with Gasteiger partial charge in [-0.1, -0.05) is 11.5 Å². The summed E-state index contributed by atoms with van der Waals surface area (Å²) < 4.78 is 50.6. The molecule has 0 aromatic carbocycles. The summed E-state index contributed by atoms with van der Waals surface area (Å²) in [6.07, 6.45) is 5.47. The fourth-order valence-corrected chi connectivity index (χ4v) is 4.33. The summed E-state index contributed by atoms with van der Waals surface area (Å²) in [4.78, 5) is 9.22. The van der Waals surface area contributed by atoms with Crippen molar-refractivity contribution < 1.29 is 17.6 Å². The third-order valence-corrected chi connectivity index (χ3v) is 6.24. The van der Waals surface area contributed by atoms with Crippen LogP contribution in [0, 0.1) is 11.7 Å². The highest BCUT2D eigenvalue weighted by atomic mass is 19.3. The molecule has 160 valence electrons. The van der Waals surface area contributed by atoms with E-state index in [0.717, 1.165) is 12.1 Å². The Balaban J connectivity index is 1.43. The van der Waals surface area contributed by atoms with Gasteiger partial charge in [-0.3, -0.25) is 0 Å². The second-order valence-electron chi connectivity index (χ2n) is 8.01. The minimum Gasteiger partial charge on any atom is -0.401 e. The van der Waals surface area contributed by atoms with Gasteiger partial charge >= 0.3 is 11.9 Å². The minimum atomic E-state index is -3.15. The lowest BCUT2D eigenvalue weighted by atomic mass is 9.80. The summed E-state index contributed by atoms with van der Waals surface area (Å²) in [5.41, 5.74) is 2.38. The molecule has 1 aliphatic heterocycles. The van der Waals surface area contributed by atoms with Gasteiger partial charge in [-0.15, -0.1) is 5.10 Å². The van der Waals surface area contributed by atoms with Gasteiger partial charge in [-0.25, -0.2) is 13.9 Å². The molecule has 0 radical (unpaired) electrons. The lowest BCUT2D eigenvalue weighted by Gasteiger charge is -2.32. The summed E-state index contributed by atoms with van der Waals surface area (Å²) >= 11 is 0. The Morgan fingerprint density at radius 1 is 1.23 bits per heavy atom. The van der Waals surface area contributed by atoms with Crippen LogP contribution in [0.3, 0.4) is 0 Å². The van der Waals surface area contributed by atoms with Crippen LogP contribution in [-0.4, -0.2) is 36.3 Å². The Hall–Kier alpha value is -3.37. The third-order valence-electron chi connectivity index (χ3n) is 6.24. The number of rotatable bonds is 4. The zero-order valence-electron chi connectivity index (χ0n) is 16.3. The van der Waals surface area contributed by atoms with Crippen molar-refractivity contribution in [1.82, 2.24) is 29.8 Å². The number of aromatic amines is 1. The van der Waals surface area contributed by atoms with Crippen LogP contribution >= 0.6 is 0 Å². The molecule has 0 amide bonds. The van der Waals surface area contributed by atoms with Gasteiger partial charge < -0.3 is 14.3 Å². The average Bonchev–Trinajstić information content (AvgIpc) is 3.44. The van der Waals surface area contributed by atoms with Gasteiger partial charge in [0.25, 0.3) is 5.89 Å². The summed E-state index contributed by atoms with van der Waals surface area (Å²) in [7, 11) is 0. The molecule has 6 rings (SSSR count). The van der Waals surface area contributed by atoms with E-state index in [1.165, 1.54) is 10.6 Å². The maximum absolute atomic E-state index is 14.7. The second-order valence-corrected chi connectivity index (χ2v) is 8.01. The first-order chi connectivity index (χ1) is 15.0. The predicted molar refractivity (Wildman–Crippen MR) is 102 cm³/mol. The van der Waals surface area contributed by atoms with Gasteiger partial charge in [0.1, 0.15) is 17.4 Å². The number of alkyl halides is 2. The van der Waals surface area contributed by atoms with Crippen LogP contribution in [0.15, 0.2) is 35.1 Å². The molecule has 8 nitrogen and oxygen atoms in total. The summed E-state index contributed by atoms with van der Waals surface area (Å²) in [5.74, 6) is -5.00. The zero-order chi connectivity index (χ0) is 21.2. The number of fused-ring (bicyclic) bond motifs is 2. The normalized spacial score (nSPS) is 19.6. The average molecular weight is 429 g/mol.